The summed E-state index contributed by atoms with van der Waals surface area (Å²) in [6.07, 6.45) is 6.19. The number of aromatic nitrogens is 3. The van der Waals surface area contributed by atoms with E-state index in [0.717, 1.165) is 49.6 Å². The second kappa shape index (κ2) is 6.62. The van der Waals surface area contributed by atoms with Crippen LogP contribution < -0.4 is 0 Å². The van der Waals surface area contributed by atoms with Gasteiger partial charge in [0, 0.05) is 13.1 Å². The Balaban J connectivity index is 1.44. The van der Waals surface area contributed by atoms with Crippen molar-refractivity contribution in [2.24, 2.45) is 0 Å². The lowest BCUT2D eigenvalue weighted by atomic mass is 10.0. The molecular weight excluding hydrogens is 312 g/mol. The second-order valence-electron chi connectivity index (χ2n) is 7.42. The lowest BCUT2D eigenvalue weighted by Crippen LogP contribution is -2.41. The maximum absolute atomic E-state index is 12.8. The van der Waals surface area contributed by atoms with E-state index in [1.807, 2.05) is 23.4 Å². The molecule has 1 fully saturated rings. The van der Waals surface area contributed by atoms with Gasteiger partial charge in [0.2, 0.25) is 5.91 Å². The van der Waals surface area contributed by atoms with Gasteiger partial charge in [0.05, 0.1) is 12.5 Å². The smallest absolute Gasteiger partial charge is 0.227 e. The summed E-state index contributed by atoms with van der Waals surface area (Å²) in [7, 11) is 0. The standard InChI is InChI=1S/C20H26N4O/c1-14-21-15(2)24(22-14)19-7-4-10-23(13-19)20(25)12-16-8-9-17-5-3-6-18(17)11-16/h8-9,11,19H,3-7,10,12-13H2,1-2H3/t19-/m0/s1. The maximum atomic E-state index is 12.8. The van der Waals surface area contributed by atoms with Crippen molar-refractivity contribution >= 4 is 5.91 Å². The summed E-state index contributed by atoms with van der Waals surface area (Å²) >= 11 is 0. The zero-order valence-electron chi connectivity index (χ0n) is 15.2. The maximum Gasteiger partial charge on any atom is 0.227 e. The fourth-order valence-electron chi connectivity index (χ4n) is 4.28. The second-order valence-corrected chi connectivity index (χ2v) is 7.42. The molecule has 2 heterocycles. The highest BCUT2D eigenvalue weighted by Gasteiger charge is 2.26. The first-order valence-electron chi connectivity index (χ1n) is 9.38. The van der Waals surface area contributed by atoms with Gasteiger partial charge in [0.15, 0.2) is 0 Å². The van der Waals surface area contributed by atoms with Crippen molar-refractivity contribution in [2.75, 3.05) is 13.1 Å². The Bertz CT molecular complexity index is 795. The third-order valence-electron chi connectivity index (χ3n) is 5.52. The number of rotatable bonds is 3. The van der Waals surface area contributed by atoms with Gasteiger partial charge in [-0.2, -0.15) is 5.10 Å². The molecule has 0 saturated carbocycles. The molecule has 0 unspecified atom stereocenters. The van der Waals surface area contributed by atoms with Crippen molar-refractivity contribution in [3.05, 3.63) is 46.5 Å². The number of aryl methyl sites for hydroxylation is 4. The molecule has 0 radical (unpaired) electrons. The normalized spacial score (nSPS) is 19.9. The molecule has 0 bridgehead atoms. The molecule has 0 N–H and O–H groups in total. The summed E-state index contributed by atoms with van der Waals surface area (Å²) < 4.78 is 2.00. The van der Waals surface area contributed by atoms with Crippen molar-refractivity contribution in [1.29, 1.82) is 0 Å². The lowest BCUT2D eigenvalue weighted by Gasteiger charge is -2.33. The summed E-state index contributed by atoms with van der Waals surface area (Å²) in [4.78, 5) is 19.2. The van der Waals surface area contributed by atoms with E-state index in [0.29, 0.717) is 6.42 Å². The van der Waals surface area contributed by atoms with Crippen LogP contribution in [0.4, 0.5) is 0 Å². The van der Waals surface area contributed by atoms with Crippen molar-refractivity contribution in [3.8, 4) is 0 Å². The van der Waals surface area contributed by atoms with Crippen LogP contribution in [0.1, 0.15) is 53.6 Å². The van der Waals surface area contributed by atoms with Crippen LogP contribution in [-0.2, 0) is 24.1 Å². The van der Waals surface area contributed by atoms with Crippen molar-refractivity contribution in [1.82, 2.24) is 19.7 Å². The largest absolute Gasteiger partial charge is 0.340 e. The van der Waals surface area contributed by atoms with E-state index in [2.05, 4.69) is 28.3 Å². The number of hydrogen-bond donors (Lipinski definition) is 0. The van der Waals surface area contributed by atoms with Crippen LogP contribution in [0.15, 0.2) is 18.2 Å². The van der Waals surface area contributed by atoms with E-state index in [1.165, 1.54) is 24.0 Å². The zero-order valence-corrected chi connectivity index (χ0v) is 15.2. The zero-order chi connectivity index (χ0) is 17.4. The van der Waals surface area contributed by atoms with Gasteiger partial charge in [-0.25, -0.2) is 9.67 Å². The molecule has 132 valence electrons. The van der Waals surface area contributed by atoms with Gasteiger partial charge in [-0.1, -0.05) is 18.2 Å². The van der Waals surface area contributed by atoms with Crippen LogP contribution in [0.3, 0.4) is 0 Å². The van der Waals surface area contributed by atoms with Gasteiger partial charge in [0.25, 0.3) is 0 Å². The first-order valence-corrected chi connectivity index (χ1v) is 9.38. The monoisotopic (exact) mass is 338 g/mol. The average Bonchev–Trinajstić information content (AvgIpc) is 3.20. The molecule has 5 heteroatoms. The summed E-state index contributed by atoms with van der Waals surface area (Å²) in [5.74, 6) is 1.98. The Morgan fingerprint density at radius 2 is 2.04 bits per heavy atom. The van der Waals surface area contributed by atoms with E-state index >= 15 is 0 Å². The Morgan fingerprint density at radius 3 is 2.84 bits per heavy atom. The SMILES string of the molecule is Cc1nc(C)n([C@H]2CCCN(C(=O)Cc3ccc4c(c3)CCC4)C2)n1. The van der Waals surface area contributed by atoms with E-state index in [9.17, 15) is 4.79 Å². The summed E-state index contributed by atoms with van der Waals surface area (Å²) in [6.45, 7) is 5.51. The molecule has 1 aromatic heterocycles. The first kappa shape index (κ1) is 16.3. The van der Waals surface area contributed by atoms with Gasteiger partial charge in [-0.15, -0.1) is 0 Å². The molecule has 25 heavy (non-hydrogen) atoms. The number of nitrogens with zero attached hydrogens (tertiary/aromatic N) is 4. The number of benzene rings is 1. The summed E-state index contributed by atoms with van der Waals surface area (Å²) in [5, 5.41) is 4.52. The van der Waals surface area contributed by atoms with Gasteiger partial charge in [0.1, 0.15) is 11.6 Å². The topological polar surface area (TPSA) is 51.0 Å². The van der Waals surface area contributed by atoms with E-state index in [4.69, 9.17) is 0 Å². The highest BCUT2D eigenvalue weighted by Crippen LogP contribution is 2.25. The molecule has 1 amide bonds. The molecule has 2 aliphatic rings. The number of hydrogen-bond acceptors (Lipinski definition) is 3. The van der Waals surface area contributed by atoms with Crippen LogP contribution >= 0.6 is 0 Å². The molecule has 2 aromatic rings. The van der Waals surface area contributed by atoms with E-state index < -0.39 is 0 Å². The third kappa shape index (κ3) is 3.32. The number of fused-ring (bicyclic) bond motifs is 1. The minimum atomic E-state index is 0.233. The van der Waals surface area contributed by atoms with Crippen molar-refractivity contribution < 1.29 is 4.79 Å². The van der Waals surface area contributed by atoms with E-state index in [-0.39, 0.29) is 11.9 Å². The van der Waals surface area contributed by atoms with Crippen molar-refractivity contribution in [2.45, 2.75) is 58.4 Å². The molecule has 1 aliphatic carbocycles. The van der Waals surface area contributed by atoms with Gasteiger partial charge < -0.3 is 4.90 Å². The van der Waals surface area contributed by atoms with Gasteiger partial charge in [-0.05, 0) is 62.6 Å². The van der Waals surface area contributed by atoms with Crippen LogP contribution in [-0.4, -0.2) is 38.7 Å². The average molecular weight is 338 g/mol. The molecule has 4 rings (SSSR count). The number of likely N-dealkylation sites (tertiary alicyclic amines) is 1. The highest BCUT2D eigenvalue weighted by molar-refractivity contribution is 5.79. The van der Waals surface area contributed by atoms with Gasteiger partial charge >= 0.3 is 0 Å². The molecule has 1 atom stereocenters. The Kier molecular flexibility index (Phi) is 4.32. The molecule has 5 nitrogen and oxygen atoms in total. The number of carbonyl (C=O) groups excluding carboxylic acids is 1. The fraction of sp³-hybridized carbons (Fsp3) is 0.550. The minimum Gasteiger partial charge on any atom is -0.340 e. The van der Waals surface area contributed by atoms with Gasteiger partial charge in [-0.3, -0.25) is 4.79 Å². The van der Waals surface area contributed by atoms with Crippen LogP contribution in [0.25, 0.3) is 0 Å². The highest BCUT2D eigenvalue weighted by atomic mass is 16.2. The lowest BCUT2D eigenvalue weighted by molar-refractivity contribution is -0.132. The summed E-state index contributed by atoms with van der Waals surface area (Å²) in [5.41, 5.74) is 4.06. The summed E-state index contributed by atoms with van der Waals surface area (Å²) in [6, 6.07) is 6.84. The number of carbonyl (C=O) groups is 1. The first-order chi connectivity index (χ1) is 12.1. The molecular formula is C20H26N4O. The molecule has 1 aromatic carbocycles. The minimum absolute atomic E-state index is 0.233. The Labute approximate surface area is 149 Å². The van der Waals surface area contributed by atoms with Crippen LogP contribution in [0, 0.1) is 13.8 Å². The molecule has 0 spiro atoms. The third-order valence-corrected chi connectivity index (χ3v) is 5.52. The van der Waals surface area contributed by atoms with Crippen molar-refractivity contribution in [3.63, 3.8) is 0 Å². The molecule has 1 saturated heterocycles. The quantitative estimate of drug-likeness (QED) is 0.865. The molecule has 1 aliphatic heterocycles. The Morgan fingerprint density at radius 1 is 1.20 bits per heavy atom. The fourth-order valence-corrected chi connectivity index (χ4v) is 4.28. The van der Waals surface area contributed by atoms with E-state index in [1.54, 1.807) is 0 Å². The number of piperidine rings is 1. The Hall–Kier alpha value is -2.17. The van der Waals surface area contributed by atoms with Crippen LogP contribution in [0.5, 0.6) is 0 Å². The van der Waals surface area contributed by atoms with Crippen LogP contribution in [0.2, 0.25) is 0 Å². The predicted molar refractivity (Wildman–Crippen MR) is 96.5 cm³/mol. The predicted octanol–water partition coefficient (Wildman–Crippen LogP) is 2.79. The number of amides is 1.